The van der Waals surface area contributed by atoms with Gasteiger partial charge in [0, 0.05) is 25.3 Å². The highest BCUT2D eigenvalue weighted by atomic mass is 35.5. The van der Waals surface area contributed by atoms with E-state index in [1.807, 2.05) is 24.3 Å². The second kappa shape index (κ2) is 8.56. The summed E-state index contributed by atoms with van der Waals surface area (Å²) in [6.45, 7) is 2.83. The Labute approximate surface area is 115 Å². The third-order valence-corrected chi connectivity index (χ3v) is 2.58. The highest BCUT2D eigenvalue weighted by molar-refractivity contribution is 5.85. The molecular formula is C15H19ClN2. The van der Waals surface area contributed by atoms with Gasteiger partial charge in [0.25, 0.3) is 0 Å². The molecule has 2 nitrogen and oxygen atoms in total. The van der Waals surface area contributed by atoms with Crippen molar-refractivity contribution in [2.75, 3.05) is 18.4 Å². The molecule has 2 rings (SSSR count). The number of halogens is 1. The van der Waals surface area contributed by atoms with Gasteiger partial charge in [0.2, 0.25) is 0 Å². The molecule has 2 aromatic rings. The lowest BCUT2D eigenvalue weighted by atomic mass is 10.2. The molecule has 0 spiro atoms. The number of para-hydroxylation sites is 1. The SMILES string of the molecule is Cl.c1ccc(CNCCNc2ccccc2)cc1. The monoisotopic (exact) mass is 262 g/mol. The Morgan fingerprint density at radius 3 is 2.00 bits per heavy atom. The standard InChI is InChI=1S/C15H18N2.ClH/c1-3-7-14(8-4-1)13-16-11-12-17-15-9-5-2-6-10-15;/h1-10,16-17H,11-13H2;1H. The molecule has 0 aromatic heterocycles. The van der Waals surface area contributed by atoms with Crippen LogP contribution in [0.25, 0.3) is 0 Å². The quantitative estimate of drug-likeness (QED) is 0.781. The van der Waals surface area contributed by atoms with Gasteiger partial charge in [-0.05, 0) is 17.7 Å². The first-order valence-corrected chi connectivity index (χ1v) is 5.99. The van der Waals surface area contributed by atoms with Crippen LogP contribution in [0.5, 0.6) is 0 Å². The lowest BCUT2D eigenvalue weighted by Crippen LogP contribution is -2.21. The second-order valence-corrected chi connectivity index (χ2v) is 3.96. The van der Waals surface area contributed by atoms with E-state index in [2.05, 4.69) is 47.0 Å². The largest absolute Gasteiger partial charge is 0.384 e. The Bertz CT molecular complexity index is 376. The third-order valence-electron chi connectivity index (χ3n) is 2.58. The maximum Gasteiger partial charge on any atom is 0.0340 e. The van der Waals surface area contributed by atoms with Gasteiger partial charge in [0.05, 0.1) is 0 Å². The van der Waals surface area contributed by atoms with E-state index in [9.17, 15) is 0 Å². The molecule has 0 heterocycles. The van der Waals surface area contributed by atoms with Gasteiger partial charge >= 0.3 is 0 Å². The van der Waals surface area contributed by atoms with Crippen LogP contribution in [-0.2, 0) is 6.54 Å². The van der Waals surface area contributed by atoms with Crippen molar-refractivity contribution in [3.63, 3.8) is 0 Å². The van der Waals surface area contributed by atoms with Gasteiger partial charge in [-0.3, -0.25) is 0 Å². The lowest BCUT2D eigenvalue weighted by molar-refractivity contribution is 0.707. The molecule has 18 heavy (non-hydrogen) atoms. The maximum atomic E-state index is 3.41. The summed E-state index contributed by atoms with van der Waals surface area (Å²) in [5.41, 5.74) is 2.50. The molecule has 0 radical (unpaired) electrons. The van der Waals surface area contributed by atoms with E-state index in [1.165, 1.54) is 11.3 Å². The molecule has 0 aliphatic rings. The summed E-state index contributed by atoms with van der Waals surface area (Å²) < 4.78 is 0. The minimum atomic E-state index is 0. The highest BCUT2D eigenvalue weighted by Crippen LogP contribution is 2.03. The van der Waals surface area contributed by atoms with E-state index in [0.717, 1.165) is 19.6 Å². The Balaban J connectivity index is 0.00000162. The van der Waals surface area contributed by atoms with Gasteiger partial charge in [-0.25, -0.2) is 0 Å². The minimum absolute atomic E-state index is 0. The van der Waals surface area contributed by atoms with Crippen LogP contribution >= 0.6 is 12.4 Å². The average Bonchev–Trinajstić information content (AvgIpc) is 2.41. The third kappa shape index (κ3) is 5.21. The molecule has 3 heteroatoms. The van der Waals surface area contributed by atoms with Crippen LogP contribution in [0.4, 0.5) is 5.69 Å². The van der Waals surface area contributed by atoms with E-state index >= 15 is 0 Å². The topological polar surface area (TPSA) is 24.1 Å². The van der Waals surface area contributed by atoms with Crippen molar-refractivity contribution in [3.05, 3.63) is 66.2 Å². The molecule has 0 saturated carbocycles. The van der Waals surface area contributed by atoms with Crippen molar-refractivity contribution < 1.29 is 0 Å². The zero-order valence-electron chi connectivity index (χ0n) is 10.3. The number of nitrogens with one attached hydrogen (secondary N) is 2. The van der Waals surface area contributed by atoms with Crippen molar-refractivity contribution in [1.29, 1.82) is 0 Å². The summed E-state index contributed by atoms with van der Waals surface area (Å²) >= 11 is 0. The Morgan fingerprint density at radius 1 is 0.722 bits per heavy atom. The van der Waals surface area contributed by atoms with Crippen molar-refractivity contribution in [1.82, 2.24) is 5.32 Å². The van der Waals surface area contributed by atoms with E-state index in [1.54, 1.807) is 0 Å². The fourth-order valence-corrected chi connectivity index (χ4v) is 1.68. The molecule has 2 aromatic carbocycles. The fourth-order valence-electron chi connectivity index (χ4n) is 1.68. The smallest absolute Gasteiger partial charge is 0.0340 e. The van der Waals surface area contributed by atoms with Crippen LogP contribution in [0.3, 0.4) is 0 Å². The summed E-state index contributed by atoms with van der Waals surface area (Å²) in [6, 6.07) is 20.7. The fraction of sp³-hybridized carbons (Fsp3) is 0.200. The lowest BCUT2D eigenvalue weighted by Gasteiger charge is -2.07. The van der Waals surface area contributed by atoms with Gasteiger partial charge in [-0.1, -0.05) is 48.5 Å². The highest BCUT2D eigenvalue weighted by Gasteiger charge is 1.91. The molecular weight excluding hydrogens is 244 g/mol. The van der Waals surface area contributed by atoms with E-state index in [-0.39, 0.29) is 12.4 Å². The van der Waals surface area contributed by atoms with Crippen LogP contribution in [0, 0.1) is 0 Å². The van der Waals surface area contributed by atoms with Gasteiger partial charge < -0.3 is 10.6 Å². The predicted molar refractivity (Wildman–Crippen MR) is 80.3 cm³/mol. The Morgan fingerprint density at radius 2 is 1.33 bits per heavy atom. The number of anilines is 1. The summed E-state index contributed by atoms with van der Waals surface area (Å²) in [4.78, 5) is 0. The number of hydrogen-bond acceptors (Lipinski definition) is 2. The van der Waals surface area contributed by atoms with Gasteiger partial charge in [0.15, 0.2) is 0 Å². The van der Waals surface area contributed by atoms with Crippen LogP contribution in [0.1, 0.15) is 5.56 Å². The van der Waals surface area contributed by atoms with Crippen LogP contribution in [-0.4, -0.2) is 13.1 Å². The first-order valence-electron chi connectivity index (χ1n) is 5.99. The van der Waals surface area contributed by atoms with Gasteiger partial charge in [-0.2, -0.15) is 0 Å². The number of rotatable bonds is 6. The molecule has 0 bridgehead atoms. The average molecular weight is 263 g/mol. The summed E-state index contributed by atoms with van der Waals surface area (Å²) in [6.07, 6.45) is 0. The van der Waals surface area contributed by atoms with Crippen molar-refractivity contribution in [2.45, 2.75) is 6.54 Å². The maximum absolute atomic E-state index is 3.41. The zero-order valence-corrected chi connectivity index (χ0v) is 11.1. The van der Waals surface area contributed by atoms with Crippen molar-refractivity contribution in [2.24, 2.45) is 0 Å². The van der Waals surface area contributed by atoms with E-state index in [0.29, 0.717) is 0 Å². The first-order chi connectivity index (χ1) is 8.45. The molecule has 0 aliphatic heterocycles. The predicted octanol–water partition coefficient (Wildman–Crippen LogP) is 3.31. The van der Waals surface area contributed by atoms with E-state index in [4.69, 9.17) is 0 Å². The van der Waals surface area contributed by atoms with Crippen LogP contribution < -0.4 is 10.6 Å². The second-order valence-electron chi connectivity index (χ2n) is 3.96. The van der Waals surface area contributed by atoms with Gasteiger partial charge in [-0.15, -0.1) is 12.4 Å². The molecule has 0 amide bonds. The number of hydrogen-bond donors (Lipinski definition) is 2. The molecule has 0 saturated heterocycles. The molecule has 0 atom stereocenters. The Kier molecular flexibility index (Phi) is 6.92. The number of benzene rings is 2. The zero-order chi connectivity index (χ0) is 11.8. The molecule has 0 unspecified atom stereocenters. The van der Waals surface area contributed by atoms with E-state index < -0.39 is 0 Å². The van der Waals surface area contributed by atoms with Crippen LogP contribution in [0.15, 0.2) is 60.7 Å². The molecule has 96 valence electrons. The molecule has 0 aliphatic carbocycles. The van der Waals surface area contributed by atoms with Crippen molar-refractivity contribution >= 4 is 18.1 Å². The summed E-state index contributed by atoms with van der Waals surface area (Å²) in [5, 5.41) is 6.78. The first kappa shape index (κ1) is 14.6. The molecule has 2 N–H and O–H groups in total. The summed E-state index contributed by atoms with van der Waals surface area (Å²) in [7, 11) is 0. The Hall–Kier alpha value is -1.51. The van der Waals surface area contributed by atoms with Crippen molar-refractivity contribution in [3.8, 4) is 0 Å². The summed E-state index contributed by atoms with van der Waals surface area (Å²) in [5.74, 6) is 0. The molecule has 0 fully saturated rings. The van der Waals surface area contributed by atoms with Gasteiger partial charge in [0.1, 0.15) is 0 Å². The normalized spacial score (nSPS) is 9.56. The van der Waals surface area contributed by atoms with Crippen LogP contribution in [0.2, 0.25) is 0 Å². The minimum Gasteiger partial charge on any atom is -0.384 e.